The van der Waals surface area contributed by atoms with Crippen molar-refractivity contribution in [1.82, 2.24) is 14.8 Å². The number of hydrogen-bond acceptors (Lipinski definition) is 8. The summed E-state index contributed by atoms with van der Waals surface area (Å²) in [6.45, 7) is 4.02. The minimum atomic E-state index is -0.465. The van der Waals surface area contributed by atoms with Crippen LogP contribution in [0.15, 0.2) is 29.4 Å². The molecule has 0 unspecified atom stereocenters. The van der Waals surface area contributed by atoms with Crippen LogP contribution in [0.1, 0.15) is 33.5 Å². The summed E-state index contributed by atoms with van der Waals surface area (Å²) in [4.78, 5) is 25.7. The molecule has 1 aromatic carbocycles. The van der Waals surface area contributed by atoms with E-state index >= 15 is 0 Å². The summed E-state index contributed by atoms with van der Waals surface area (Å²) in [6, 6.07) is 5.70. The van der Waals surface area contributed by atoms with Gasteiger partial charge in [-0.15, -0.1) is 21.5 Å². The summed E-state index contributed by atoms with van der Waals surface area (Å²) in [6.07, 6.45) is 0.666. The third kappa shape index (κ3) is 5.46. The normalized spacial score (nSPS) is 10.8. The van der Waals surface area contributed by atoms with Crippen LogP contribution in [0.25, 0.3) is 0 Å². The molecular weight excluding hydrogens is 455 g/mol. The Morgan fingerprint density at radius 3 is 2.62 bits per heavy atom. The van der Waals surface area contributed by atoms with Crippen molar-refractivity contribution < 1.29 is 23.5 Å². The van der Waals surface area contributed by atoms with Gasteiger partial charge < -0.3 is 19.4 Å². The maximum absolute atomic E-state index is 13.0. The van der Waals surface area contributed by atoms with Gasteiger partial charge >= 0.3 is 5.97 Å². The van der Waals surface area contributed by atoms with Crippen molar-refractivity contribution in [2.24, 2.45) is 7.05 Å². The predicted molar refractivity (Wildman–Crippen MR) is 121 cm³/mol. The van der Waals surface area contributed by atoms with Crippen LogP contribution in [0.3, 0.4) is 0 Å². The molecule has 0 aliphatic rings. The number of thiophene rings is 1. The van der Waals surface area contributed by atoms with E-state index in [-0.39, 0.29) is 24.1 Å². The molecule has 1 amide bonds. The summed E-state index contributed by atoms with van der Waals surface area (Å²) >= 11 is 2.57. The van der Waals surface area contributed by atoms with E-state index in [0.717, 1.165) is 10.4 Å². The zero-order valence-electron chi connectivity index (χ0n) is 18.1. The van der Waals surface area contributed by atoms with Crippen molar-refractivity contribution in [2.45, 2.75) is 32.0 Å². The maximum Gasteiger partial charge on any atom is 0.341 e. The first kappa shape index (κ1) is 23.7. The molecule has 0 bridgehead atoms. The minimum absolute atomic E-state index is 0.0871. The summed E-state index contributed by atoms with van der Waals surface area (Å²) in [5.74, 6) is 0.0950. The third-order valence-electron chi connectivity index (χ3n) is 4.64. The van der Waals surface area contributed by atoms with Crippen LogP contribution in [-0.4, -0.2) is 39.5 Å². The average Bonchev–Trinajstić information content (AvgIpc) is 3.29. The summed E-state index contributed by atoms with van der Waals surface area (Å²) in [5.41, 5.74) is 1.29. The third-order valence-corrected chi connectivity index (χ3v) is 6.73. The summed E-state index contributed by atoms with van der Waals surface area (Å²) in [7, 11) is 3.09. The number of carbonyl (C=O) groups is 2. The van der Waals surface area contributed by atoms with Gasteiger partial charge in [-0.05, 0) is 43.2 Å². The number of aromatic nitrogens is 3. The van der Waals surface area contributed by atoms with Gasteiger partial charge in [0.2, 0.25) is 5.91 Å². The highest BCUT2D eigenvalue weighted by Crippen LogP contribution is 2.34. The minimum Gasteiger partial charge on any atom is -0.486 e. The standard InChI is InChI=1S/C21H23FN4O4S2/c1-5-15-12(2)32-19(18(15)20(28)29-4)23-17(27)11-31-21-25-24-16(26(21)3)10-30-14-8-6-13(22)7-9-14/h6-9H,5,10-11H2,1-4H3,(H,23,27). The summed E-state index contributed by atoms with van der Waals surface area (Å²) < 4.78 is 25.2. The van der Waals surface area contributed by atoms with Gasteiger partial charge in [0.05, 0.1) is 18.4 Å². The van der Waals surface area contributed by atoms with E-state index in [1.807, 2.05) is 13.8 Å². The van der Waals surface area contributed by atoms with E-state index in [9.17, 15) is 14.0 Å². The van der Waals surface area contributed by atoms with Crippen molar-refractivity contribution in [3.63, 3.8) is 0 Å². The van der Waals surface area contributed by atoms with Crippen LogP contribution in [0.4, 0.5) is 9.39 Å². The van der Waals surface area contributed by atoms with E-state index in [4.69, 9.17) is 9.47 Å². The Morgan fingerprint density at radius 2 is 1.97 bits per heavy atom. The molecule has 0 radical (unpaired) electrons. The zero-order chi connectivity index (χ0) is 23.3. The van der Waals surface area contributed by atoms with Crippen LogP contribution in [0, 0.1) is 12.7 Å². The van der Waals surface area contributed by atoms with Gasteiger partial charge in [0.15, 0.2) is 11.0 Å². The number of nitrogens with one attached hydrogen (secondary N) is 1. The first-order chi connectivity index (χ1) is 15.3. The van der Waals surface area contributed by atoms with E-state index in [1.54, 1.807) is 11.6 Å². The summed E-state index contributed by atoms with van der Waals surface area (Å²) in [5, 5.41) is 12.0. The van der Waals surface area contributed by atoms with E-state index in [1.165, 1.54) is 54.5 Å². The second-order valence-electron chi connectivity index (χ2n) is 6.72. The highest BCUT2D eigenvalue weighted by atomic mass is 32.2. The molecule has 8 nitrogen and oxygen atoms in total. The molecule has 0 spiro atoms. The largest absolute Gasteiger partial charge is 0.486 e. The van der Waals surface area contributed by atoms with Crippen molar-refractivity contribution >= 4 is 40.0 Å². The highest BCUT2D eigenvalue weighted by molar-refractivity contribution is 7.99. The predicted octanol–water partition coefficient (Wildman–Crippen LogP) is 3.98. The van der Waals surface area contributed by atoms with E-state index in [2.05, 4.69) is 15.5 Å². The lowest BCUT2D eigenvalue weighted by atomic mass is 10.1. The lowest BCUT2D eigenvalue weighted by Crippen LogP contribution is -2.16. The van der Waals surface area contributed by atoms with Crippen LogP contribution in [0.2, 0.25) is 0 Å². The van der Waals surface area contributed by atoms with Gasteiger partial charge in [0.25, 0.3) is 0 Å². The second kappa shape index (κ2) is 10.6. The molecule has 0 aliphatic carbocycles. The molecule has 0 aliphatic heterocycles. The Hall–Kier alpha value is -2.92. The molecule has 0 atom stereocenters. The molecular formula is C21H23FN4O4S2. The van der Waals surface area contributed by atoms with Gasteiger partial charge in [-0.25, -0.2) is 9.18 Å². The molecule has 32 heavy (non-hydrogen) atoms. The lowest BCUT2D eigenvalue weighted by Gasteiger charge is -2.08. The van der Waals surface area contributed by atoms with Crippen molar-refractivity contribution in [3.8, 4) is 5.75 Å². The topological polar surface area (TPSA) is 95.3 Å². The van der Waals surface area contributed by atoms with Gasteiger partial charge in [0.1, 0.15) is 23.2 Å². The van der Waals surface area contributed by atoms with E-state index < -0.39 is 5.97 Å². The number of carbonyl (C=O) groups excluding carboxylic acids is 2. The number of ether oxygens (including phenoxy) is 2. The zero-order valence-corrected chi connectivity index (χ0v) is 19.7. The molecule has 2 aromatic heterocycles. The Labute approximate surface area is 193 Å². The molecule has 11 heteroatoms. The van der Waals surface area contributed by atoms with E-state index in [0.29, 0.717) is 33.7 Å². The smallest absolute Gasteiger partial charge is 0.341 e. The van der Waals surface area contributed by atoms with Crippen molar-refractivity contribution in [2.75, 3.05) is 18.2 Å². The maximum atomic E-state index is 13.0. The molecule has 0 fully saturated rings. The fourth-order valence-corrected chi connectivity index (χ4v) is 4.86. The van der Waals surface area contributed by atoms with Gasteiger partial charge in [-0.3, -0.25) is 4.79 Å². The number of anilines is 1. The fraction of sp³-hybridized carbons (Fsp3) is 0.333. The van der Waals surface area contributed by atoms with Crippen LogP contribution in [-0.2, 0) is 29.6 Å². The molecule has 3 aromatic rings. The van der Waals surface area contributed by atoms with Crippen molar-refractivity contribution in [3.05, 3.63) is 51.9 Å². The molecule has 0 saturated heterocycles. The fourth-order valence-electron chi connectivity index (χ4n) is 2.98. The molecule has 3 rings (SSSR count). The number of esters is 1. The SMILES string of the molecule is CCc1c(C)sc(NC(=O)CSc2nnc(COc3ccc(F)cc3)n2C)c1C(=O)OC. The number of thioether (sulfide) groups is 1. The molecule has 170 valence electrons. The molecule has 0 saturated carbocycles. The van der Waals surface area contributed by atoms with Gasteiger partial charge in [-0.2, -0.15) is 0 Å². The first-order valence-corrected chi connectivity index (χ1v) is 11.5. The quantitative estimate of drug-likeness (QED) is 0.367. The van der Waals surface area contributed by atoms with Gasteiger partial charge in [-0.1, -0.05) is 18.7 Å². The number of halogens is 1. The number of nitrogens with zero attached hydrogens (tertiary/aromatic N) is 3. The second-order valence-corrected chi connectivity index (χ2v) is 8.89. The first-order valence-electron chi connectivity index (χ1n) is 9.73. The number of benzene rings is 1. The average molecular weight is 479 g/mol. The Morgan fingerprint density at radius 1 is 1.25 bits per heavy atom. The number of rotatable bonds is 9. The number of methoxy groups -OCH3 is 1. The van der Waals surface area contributed by atoms with Gasteiger partial charge in [0, 0.05) is 11.9 Å². The van der Waals surface area contributed by atoms with Crippen LogP contribution >= 0.6 is 23.1 Å². The highest BCUT2D eigenvalue weighted by Gasteiger charge is 2.23. The number of amides is 1. The van der Waals surface area contributed by atoms with Crippen LogP contribution < -0.4 is 10.1 Å². The monoisotopic (exact) mass is 478 g/mol. The Balaban J connectivity index is 1.60. The number of hydrogen-bond donors (Lipinski definition) is 1. The van der Waals surface area contributed by atoms with Crippen LogP contribution in [0.5, 0.6) is 5.75 Å². The Kier molecular flexibility index (Phi) is 7.86. The molecule has 2 heterocycles. The Bertz CT molecular complexity index is 1110. The lowest BCUT2D eigenvalue weighted by molar-refractivity contribution is -0.113. The molecule has 1 N–H and O–H groups in total. The van der Waals surface area contributed by atoms with Crippen molar-refractivity contribution in [1.29, 1.82) is 0 Å². The number of aryl methyl sites for hydroxylation is 1.